The molecule has 0 aliphatic carbocycles. The van der Waals surface area contributed by atoms with E-state index in [0.717, 1.165) is 74.3 Å². The highest BCUT2D eigenvalue weighted by atomic mass is 35.5. The van der Waals surface area contributed by atoms with Gasteiger partial charge in [0.05, 0.1) is 29.0 Å². The summed E-state index contributed by atoms with van der Waals surface area (Å²) in [7, 11) is 0. The summed E-state index contributed by atoms with van der Waals surface area (Å²) in [6, 6.07) is 16.1. The van der Waals surface area contributed by atoms with Crippen molar-refractivity contribution in [2.75, 3.05) is 44.2 Å². The Hall–Kier alpha value is -2.24. The molecule has 3 heterocycles. The van der Waals surface area contributed by atoms with Gasteiger partial charge in [-0.15, -0.1) is 0 Å². The molecule has 6 heteroatoms. The van der Waals surface area contributed by atoms with Crippen LogP contribution in [0.25, 0.3) is 5.52 Å². The molecule has 1 fully saturated rings. The predicted octanol–water partition coefficient (Wildman–Crippen LogP) is 3.97. The third kappa shape index (κ3) is 4.37. The van der Waals surface area contributed by atoms with Gasteiger partial charge in [-0.25, -0.2) is 4.52 Å². The maximum atomic E-state index is 6.32. The Kier molecular flexibility index (Phi) is 5.80. The number of para-hydroxylation sites is 1. The van der Waals surface area contributed by atoms with Gasteiger partial charge in [0.1, 0.15) is 0 Å². The lowest BCUT2D eigenvalue weighted by Crippen LogP contribution is -2.46. The molecule has 0 radical (unpaired) electrons. The molecule has 142 valence electrons. The van der Waals surface area contributed by atoms with E-state index in [2.05, 4.69) is 27.0 Å². The van der Waals surface area contributed by atoms with E-state index in [1.807, 2.05) is 40.9 Å². The number of hydrogen-bond donors (Lipinski definition) is 0. The molecule has 0 amide bonds. The number of piperazine rings is 1. The number of anilines is 1. The van der Waals surface area contributed by atoms with Crippen molar-refractivity contribution in [3.05, 3.63) is 59.8 Å². The number of benzene rings is 1. The summed E-state index contributed by atoms with van der Waals surface area (Å²) < 4.78 is 7.76. The van der Waals surface area contributed by atoms with Crippen molar-refractivity contribution in [3.63, 3.8) is 0 Å². The Balaban J connectivity index is 1.17. The second-order valence-electron chi connectivity index (χ2n) is 6.87. The smallest absolute Gasteiger partial charge is 0.214 e. The monoisotopic (exact) mass is 384 g/mol. The average molecular weight is 385 g/mol. The first kappa shape index (κ1) is 18.1. The van der Waals surface area contributed by atoms with Crippen molar-refractivity contribution in [3.8, 4) is 5.88 Å². The van der Waals surface area contributed by atoms with E-state index in [1.54, 1.807) is 6.20 Å². The summed E-state index contributed by atoms with van der Waals surface area (Å²) in [5.41, 5.74) is 2.21. The van der Waals surface area contributed by atoms with Gasteiger partial charge >= 0.3 is 0 Å². The van der Waals surface area contributed by atoms with Gasteiger partial charge < -0.3 is 9.64 Å². The van der Waals surface area contributed by atoms with Crippen molar-refractivity contribution < 1.29 is 4.74 Å². The van der Waals surface area contributed by atoms with Crippen LogP contribution in [0.4, 0.5) is 5.69 Å². The minimum absolute atomic E-state index is 0.721. The Labute approximate surface area is 165 Å². The number of rotatable bonds is 7. The minimum atomic E-state index is 0.721. The third-order valence-electron chi connectivity index (χ3n) is 5.07. The average Bonchev–Trinajstić information content (AvgIpc) is 3.18. The molecule has 5 nitrogen and oxygen atoms in total. The zero-order valence-corrected chi connectivity index (χ0v) is 16.2. The molecule has 0 N–H and O–H groups in total. The Morgan fingerprint density at radius 1 is 0.926 bits per heavy atom. The third-order valence-corrected chi connectivity index (χ3v) is 5.39. The fraction of sp³-hybridized carbons (Fsp3) is 0.381. The van der Waals surface area contributed by atoms with E-state index in [9.17, 15) is 0 Å². The maximum Gasteiger partial charge on any atom is 0.214 e. The summed E-state index contributed by atoms with van der Waals surface area (Å²) in [6.07, 6.45) is 3.98. The molecule has 0 saturated carbocycles. The van der Waals surface area contributed by atoms with E-state index in [4.69, 9.17) is 16.3 Å². The standard InChI is InChI=1S/C21H25ClN4O/c22-19-7-1-2-8-20(19)25-15-13-24(14-16-25)12-3-4-17-27-21-9-5-6-18-10-11-23-26(18)21/h1-2,5-11H,3-4,12-17H2. The lowest BCUT2D eigenvalue weighted by Gasteiger charge is -2.36. The topological polar surface area (TPSA) is 33.0 Å². The van der Waals surface area contributed by atoms with E-state index < -0.39 is 0 Å². The molecule has 4 rings (SSSR count). The molecule has 0 unspecified atom stereocenters. The zero-order chi connectivity index (χ0) is 18.5. The quantitative estimate of drug-likeness (QED) is 0.577. The molecule has 27 heavy (non-hydrogen) atoms. The molecule has 0 atom stereocenters. The highest BCUT2D eigenvalue weighted by Gasteiger charge is 2.18. The van der Waals surface area contributed by atoms with Gasteiger partial charge in [-0.05, 0) is 43.7 Å². The van der Waals surface area contributed by atoms with Crippen LogP contribution in [0.2, 0.25) is 5.02 Å². The van der Waals surface area contributed by atoms with Crippen molar-refractivity contribution >= 4 is 22.8 Å². The Bertz CT molecular complexity index is 873. The number of unbranched alkanes of at least 4 members (excludes halogenated alkanes) is 1. The molecule has 2 aromatic heterocycles. The van der Waals surface area contributed by atoms with E-state index in [-0.39, 0.29) is 0 Å². The second-order valence-corrected chi connectivity index (χ2v) is 7.27. The first-order valence-electron chi connectivity index (χ1n) is 9.59. The van der Waals surface area contributed by atoms with Gasteiger partial charge in [0, 0.05) is 32.2 Å². The van der Waals surface area contributed by atoms with E-state index in [0.29, 0.717) is 0 Å². The van der Waals surface area contributed by atoms with Crippen LogP contribution in [-0.2, 0) is 0 Å². The van der Waals surface area contributed by atoms with Crippen LogP contribution >= 0.6 is 11.6 Å². The number of hydrogen-bond acceptors (Lipinski definition) is 4. The summed E-state index contributed by atoms with van der Waals surface area (Å²) in [5.74, 6) is 0.811. The fourth-order valence-electron chi connectivity index (χ4n) is 3.57. The van der Waals surface area contributed by atoms with E-state index >= 15 is 0 Å². The summed E-state index contributed by atoms with van der Waals surface area (Å²) in [5, 5.41) is 5.14. The number of pyridine rings is 1. The summed E-state index contributed by atoms with van der Waals surface area (Å²) in [6.45, 7) is 6.06. The van der Waals surface area contributed by atoms with Crippen molar-refractivity contribution in [1.82, 2.24) is 14.5 Å². The van der Waals surface area contributed by atoms with E-state index in [1.165, 1.54) is 0 Å². The van der Waals surface area contributed by atoms with Crippen molar-refractivity contribution in [1.29, 1.82) is 0 Å². The molecular formula is C21H25ClN4O. The van der Waals surface area contributed by atoms with Gasteiger partial charge in [0.25, 0.3) is 0 Å². The first-order valence-corrected chi connectivity index (χ1v) is 9.96. The minimum Gasteiger partial charge on any atom is -0.478 e. The van der Waals surface area contributed by atoms with Crippen LogP contribution in [0.3, 0.4) is 0 Å². The van der Waals surface area contributed by atoms with Crippen LogP contribution < -0.4 is 9.64 Å². The maximum absolute atomic E-state index is 6.32. The summed E-state index contributed by atoms with van der Waals surface area (Å²) in [4.78, 5) is 4.91. The molecule has 1 aromatic carbocycles. The molecule has 1 aliphatic heterocycles. The molecule has 0 bridgehead atoms. The second kappa shape index (κ2) is 8.63. The van der Waals surface area contributed by atoms with Crippen LogP contribution in [0, 0.1) is 0 Å². The molecular weight excluding hydrogens is 360 g/mol. The van der Waals surface area contributed by atoms with Crippen LogP contribution in [0.5, 0.6) is 5.88 Å². The first-order chi connectivity index (χ1) is 13.3. The molecule has 1 aliphatic rings. The highest BCUT2D eigenvalue weighted by molar-refractivity contribution is 6.33. The SMILES string of the molecule is Clc1ccccc1N1CCN(CCCCOc2cccc3ccnn23)CC1. The lowest BCUT2D eigenvalue weighted by atomic mass is 10.2. The van der Waals surface area contributed by atoms with Gasteiger partial charge in [-0.1, -0.05) is 29.8 Å². The Morgan fingerprint density at radius 3 is 2.63 bits per heavy atom. The zero-order valence-electron chi connectivity index (χ0n) is 15.4. The number of aromatic nitrogens is 2. The van der Waals surface area contributed by atoms with Gasteiger partial charge in [-0.3, -0.25) is 4.90 Å². The summed E-state index contributed by atoms with van der Waals surface area (Å²) >= 11 is 6.32. The molecule has 0 spiro atoms. The van der Waals surface area contributed by atoms with Gasteiger partial charge in [-0.2, -0.15) is 5.10 Å². The number of halogens is 1. The lowest BCUT2D eigenvalue weighted by molar-refractivity contribution is 0.235. The fourth-order valence-corrected chi connectivity index (χ4v) is 3.82. The van der Waals surface area contributed by atoms with Crippen LogP contribution in [0.1, 0.15) is 12.8 Å². The molecule has 1 saturated heterocycles. The Morgan fingerprint density at radius 2 is 1.78 bits per heavy atom. The largest absolute Gasteiger partial charge is 0.478 e. The number of fused-ring (bicyclic) bond motifs is 1. The number of ether oxygens (including phenoxy) is 1. The van der Waals surface area contributed by atoms with Crippen molar-refractivity contribution in [2.45, 2.75) is 12.8 Å². The van der Waals surface area contributed by atoms with Crippen LogP contribution in [0.15, 0.2) is 54.7 Å². The highest BCUT2D eigenvalue weighted by Crippen LogP contribution is 2.26. The normalized spacial score (nSPS) is 15.4. The predicted molar refractivity (Wildman–Crippen MR) is 110 cm³/mol. The molecule has 3 aromatic rings. The van der Waals surface area contributed by atoms with Crippen LogP contribution in [-0.4, -0.2) is 53.8 Å². The van der Waals surface area contributed by atoms with Gasteiger partial charge in [0.15, 0.2) is 0 Å². The number of nitrogens with zero attached hydrogens (tertiary/aromatic N) is 4. The van der Waals surface area contributed by atoms with Crippen molar-refractivity contribution in [2.24, 2.45) is 0 Å². The van der Waals surface area contributed by atoms with Gasteiger partial charge in [0.2, 0.25) is 5.88 Å².